The van der Waals surface area contributed by atoms with Crippen molar-refractivity contribution in [2.24, 2.45) is 0 Å². The van der Waals surface area contributed by atoms with Gasteiger partial charge in [-0.1, -0.05) is 29.2 Å². The highest BCUT2D eigenvalue weighted by molar-refractivity contribution is 8.01. The fourth-order valence-electron chi connectivity index (χ4n) is 1.99. The van der Waals surface area contributed by atoms with Crippen LogP contribution in [0.15, 0.2) is 34.0 Å². The molecule has 6 nitrogen and oxygen atoms in total. The van der Waals surface area contributed by atoms with Crippen LogP contribution < -0.4 is 5.32 Å². The third kappa shape index (κ3) is 4.63. The predicted octanol–water partition coefficient (Wildman–Crippen LogP) is 4.15. The fraction of sp³-hybridized carbons (Fsp3) is 0.188. The maximum atomic E-state index is 13.2. The molecule has 0 radical (unpaired) electrons. The number of aryl methyl sites for hydroxylation is 1. The summed E-state index contributed by atoms with van der Waals surface area (Å²) >= 11 is 3.78. The van der Waals surface area contributed by atoms with Crippen molar-refractivity contribution in [1.29, 1.82) is 5.26 Å². The smallest absolute Gasteiger partial charge is 0.210 e. The van der Waals surface area contributed by atoms with Crippen LogP contribution in [0.3, 0.4) is 0 Å². The van der Waals surface area contributed by atoms with Crippen molar-refractivity contribution >= 4 is 51.0 Å². The Morgan fingerprint density at radius 3 is 3.00 bits per heavy atom. The Morgan fingerprint density at radius 1 is 1.46 bits per heavy atom. The number of nitrogens with one attached hydrogen (secondary N) is 1. The van der Waals surface area contributed by atoms with Crippen molar-refractivity contribution < 1.29 is 9.18 Å². The summed E-state index contributed by atoms with van der Waals surface area (Å²) in [4.78, 5) is 16.5. The van der Waals surface area contributed by atoms with Gasteiger partial charge in [0, 0.05) is 16.8 Å². The van der Waals surface area contributed by atoms with Gasteiger partial charge in [0.05, 0.1) is 11.8 Å². The number of nitrogens with zero attached hydrogens (tertiary/aromatic N) is 4. The quantitative estimate of drug-likeness (QED) is 0.590. The van der Waals surface area contributed by atoms with Crippen molar-refractivity contribution in [3.05, 3.63) is 46.2 Å². The summed E-state index contributed by atoms with van der Waals surface area (Å²) in [5.41, 5.74) is 1.36. The number of carbonyl (C=O) groups is 1. The number of aromatic nitrogens is 3. The molecule has 2 heterocycles. The van der Waals surface area contributed by atoms with E-state index in [-0.39, 0.29) is 17.4 Å². The first-order valence-corrected chi connectivity index (χ1v) is 10.1. The molecule has 1 aromatic carbocycles. The van der Waals surface area contributed by atoms with Crippen LogP contribution in [-0.2, 0) is 4.79 Å². The Hall–Kier alpha value is -2.35. The Balaban J connectivity index is 1.59. The second kappa shape index (κ2) is 8.35. The summed E-state index contributed by atoms with van der Waals surface area (Å²) in [6, 6.07) is 8.03. The number of ketones is 1. The third-order valence-electron chi connectivity index (χ3n) is 3.16. The summed E-state index contributed by atoms with van der Waals surface area (Å²) in [5.74, 6) is -1.33. The second-order valence-corrected chi connectivity index (χ2v) is 8.24. The average Bonchev–Trinajstić information content (AvgIpc) is 3.23. The zero-order valence-electron chi connectivity index (χ0n) is 13.5. The van der Waals surface area contributed by atoms with Gasteiger partial charge in [-0.05, 0) is 25.1 Å². The van der Waals surface area contributed by atoms with Crippen LogP contribution in [0.25, 0.3) is 0 Å². The first kappa shape index (κ1) is 18.4. The van der Waals surface area contributed by atoms with Gasteiger partial charge in [-0.2, -0.15) is 5.26 Å². The van der Waals surface area contributed by atoms with Crippen LogP contribution in [0.5, 0.6) is 0 Å². The van der Waals surface area contributed by atoms with Gasteiger partial charge in [-0.3, -0.25) is 4.79 Å². The fourth-order valence-corrected chi connectivity index (χ4v) is 4.53. The van der Waals surface area contributed by atoms with Gasteiger partial charge in [0.15, 0.2) is 16.0 Å². The van der Waals surface area contributed by atoms with E-state index in [4.69, 9.17) is 0 Å². The lowest BCUT2D eigenvalue weighted by atomic mass is 10.1. The molecule has 0 spiro atoms. The van der Waals surface area contributed by atoms with E-state index in [1.165, 1.54) is 46.6 Å². The Bertz CT molecular complexity index is 965. The molecule has 0 aliphatic heterocycles. The number of hydrogen-bond acceptors (Lipinski definition) is 9. The van der Waals surface area contributed by atoms with E-state index < -0.39 is 5.92 Å². The number of thiazole rings is 1. The number of benzene rings is 1. The molecule has 0 saturated carbocycles. The van der Waals surface area contributed by atoms with Crippen molar-refractivity contribution in [3.63, 3.8) is 0 Å². The van der Waals surface area contributed by atoms with Crippen molar-refractivity contribution in [2.75, 3.05) is 11.1 Å². The minimum Gasteiger partial charge on any atom is -0.330 e. The van der Waals surface area contributed by atoms with E-state index in [1.54, 1.807) is 12.1 Å². The van der Waals surface area contributed by atoms with Gasteiger partial charge in [0.1, 0.15) is 10.8 Å². The van der Waals surface area contributed by atoms with E-state index in [0.29, 0.717) is 20.2 Å². The molecule has 0 aliphatic carbocycles. The minimum absolute atomic E-state index is 0.103. The Morgan fingerprint density at radius 2 is 2.31 bits per heavy atom. The van der Waals surface area contributed by atoms with Crippen LogP contribution in [0.4, 0.5) is 15.2 Å². The van der Waals surface area contributed by atoms with E-state index in [2.05, 4.69) is 20.5 Å². The molecular weight excluding hydrogens is 393 g/mol. The SMILES string of the molecule is Cc1csc(C(C#N)C(=O)CSc2nnc(Nc3cccc(F)c3)s2)n1. The van der Waals surface area contributed by atoms with Gasteiger partial charge >= 0.3 is 0 Å². The lowest BCUT2D eigenvalue weighted by Gasteiger charge is -2.03. The molecule has 0 amide bonds. The highest BCUT2D eigenvalue weighted by Gasteiger charge is 2.23. The molecule has 132 valence electrons. The maximum Gasteiger partial charge on any atom is 0.210 e. The van der Waals surface area contributed by atoms with Gasteiger partial charge in [-0.25, -0.2) is 9.37 Å². The Labute approximate surface area is 161 Å². The van der Waals surface area contributed by atoms with E-state index in [0.717, 1.165) is 5.69 Å². The number of hydrogen-bond donors (Lipinski definition) is 1. The molecule has 1 N–H and O–H groups in total. The van der Waals surface area contributed by atoms with Crippen molar-refractivity contribution in [2.45, 2.75) is 17.2 Å². The molecule has 3 rings (SSSR count). The van der Waals surface area contributed by atoms with Crippen LogP contribution in [0.2, 0.25) is 0 Å². The summed E-state index contributed by atoms with van der Waals surface area (Å²) < 4.78 is 13.8. The first-order chi connectivity index (χ1) is 12.5. The van der Waals surface area contributed by atoms with Gasteiger partial charge in [-0.15, -0.1) is 21.5 Å². The number of anilines is 2. The molecule has 0 bridgehead atoms. The maximum absolute atomic E-state index is 13.2. The van der Waals surface area contributed by atoms with Crippen LogP contribution in [-0.4, -0.2) is 26.7 Å². The molecule has 1 unspecified atom stereocenters. The van der Waals surface area contributed by atoms with Gasteiger partial charge in [0.25, 0.3) is 0 Å². The Kier molecular flexibility index (Phi) is 5.92. The summed E-state index contributed by atoms with van der Waals surface area (Å²) in [5, 5.41) is 23.0. The molecule has 10 heteroatoms. The standard InChI is InChI=1S/C16H12FN5OS3/c1-9-7-24-14(19-9)12(6-18)13(23)8-25-16-22-21-15(26-16)20-11-4-2-3-10(17)5-11/h2-5,7,12H,8H2,1H3,(H,20,21). The van der Waals surface area contributed by atoms with Crippen molar-refractivity contribution in [1.82, 2.24) is 15.2 Å². The van der Waals surface area contributed by atoms with Gasteiger partial charge < -0.3 is 5.32 Å². The highest BCUT2D eigenvalue weighted by Crippen LogP contribution is 2.29. The van der Waals surface area contributed by atoms with Gasteiger partial charge in [0.2, 0.25) is 5.13 Å². The number of nitriles is 1. The first-order valence-electron chi connectivity index (χ1n) is 7.38. The molecule has 0 fully saturated rings. The zero-order valence-corrected chi connectivity index (χ0v) is 15.9. The van der Waals surface area contributed by atoms with E-state index in [9.17, 15) is 14.4 Å². The molecule has 1 atom stereocenters. The largest absolute Gasteiger partial charge is 0.330 e. The molecule has 3 aromatic rings. The number of carbonyl (C=O) groups excluding carboxylic acids is 1. The third-order valence-corrected chi connectivity index (χ3v) is 6.18. The average molecular weight is 406 g/mol. The van der Waals surface area contributed by atoms with E-state index >= 15 is 0 Å². The summed E-state index contributed by atoms with van der Waals surface area (Å²) in [7, 11) is 0. The normalized spacial score (nSPS) is 11.7. The predicted molar refractivity (Wildman–Crippen MR) is 101 cm³/mol. The number of Topliss-reactive ketones (excluding diaryl/α,β-unsaturated/α-hetero) is 1. The molecule has 0 aliphatic rings. The topological polar surface area (TPSA) is 91.6 Å². The number of rotatable bonds is 7. The second-order valence-electron chi connectivity index (χ2n) is 5.15. The minimum atomic E-state index is -0.862. The monoisotopic (exact) mass is 405 g/mol. The molecule has 0 saturated heterocycles. The summed E-state index contributed by atoms with van der Waals surface area (Å²) in [6.45, 7) is 1.82. The molecular formula is C16H12FN5OS3. The molecule has 26 heavy (non-hydrogen) atoms. The van der Waals surface area contributed by atoms with Crippen molar-refractivity contribution in [3.8, 4) is 6.07 Å². The number of thioether (sulfide) groups is 1. The van der Waals surface area contributed by atoms with Crippen LogP contribution in [0.1, 0.15) is 16.6 Å². The van der Waals surface area contributed by atoms with Crippen LogP contribution >= 0.6 is 34.4 Å². The summed E-state index contributed by atoms with van der Waals surface area (Å²) in [6.07, 6.45) is 0. The zero-order chi connectivity index (χ0) is 18.5. The lowest BCUT2D eigenvalue weighted by Crippen LogP contribution is -2.13. The van der Waals surface area contributed by atoms with E-state index in [1.807, 2.05) is 18.4 Å². The molecule has 2 aromatic heterocycles. The van der Waals surface area contributed by atoms with Crippen LogP contribution in [0, 0.1) is 24.1 Å². The lowest BCUT2D eigenvalue weighted by molar-refractivity contribution is -0.116. The number of halogens is 1. The highest BCUT2D eigenvalue weighted by atomic mass is 32.2.